The summed E-state index contributed by atoms with van der Waals surface area (Å²) < 4.78 is 0. The highest BCUT2D eigenvalue weighted by Gasteiger charge is 2.23. The van der Waals surface area contributed by atoms with Gasteiger partial charge in [0.2, 0.25) is 0 Å². The van der Waals surface area contributed by atoms with E-state index in [-0.39, 0.29) is 0 Å². The molecule has 2 rings (SSSR count). The predicted molar refractivity (Wildman–Crippen MR) is 72.1 cm³/mol. The van der Waals surface area contributed by atoms with Crippen molar-refractivity contribution < 1.29 is 0 Å². The number of hydrogen-bond acceptors (Lipinski definition) is 4. The fourth-order valence-corrected chi connectivity index (χ4v) is 2.73. The molecule has 102 valence electrons. The highest BCUT2D eigenvalue weighted by Crippen LogP contribution is 2.20. The zero-order valence-electron chi connectivity index (χ0n) is 11.5. The summed E-state index contributed by atoms with van der Waals surface area (Å²) in [6.07, 6.45) is 5.45. The molecule has 1 aromatic heterocycles. The summed E-state index contributed by atoms with van der Waals surface area (Å²) in [5, 5.41) is 10.3. The van der Waals surface area contributed by atoms with Gasteiger partial charge in [0.25, 0.3) is 0 Å². The summed E-state index contributed by atoms with van der Waals surface area (Å²) in [5.74, 6) is 1.71. The molecule has 0 bridgehead atoms. The first-order valence-corrected chi connectivity index (χ1v) is 7.09. The summed E-state index contributed by atoms with van der Waals surface area (Å²) in [6.45, 7) is 9.10. The summed E-state index contributed by atoms with van der Waals surface area (Å²) in [4.78, 5) is 6.72. The van der Waals surface area contributed by atoms with Gasteiger partial charge >= 0.3 is 0 Å². The van der Waals surface area contributed by atoms with Crippen LogP contribution < -0.4 is 5.32 Å². The number of piperidine rings is 1. The molecule has 1 atom stereocenters. The minimum atomic E-state index is 0.555. The number of H-pyrrole nitrogens is 1. The molecule has 1 fully saturated rings. The van der Waals surface area contributed by atoms with Crippen molar-refractivity contribution in [1.29, 1.82) is 0 Å². The Morgan fingerprint density at radius 2 is 2.28 bits per heavy atom. The fraction of sp³-hybridized carbons (Fsp3) is 0.846. The van der Waals surface area contributed by atoms with Crippen LogP contribution in [0.4, 0.5) is 0 Å². The first kappa shape index (κ1) is 13.5. The molecule has 18 heavy (non-hydrogen) atoms. The quantitative estimate of drug-likeness (QED) is 0.802. The molecule has 1 unspecified atom stereocenters. The van der Waals surface area contributed by atoms with E-state index in [2.05, 4.69) is 39.2 Å². The third-order valence-corrected chi connectivity index (χ3v) is 3.94. The Balaban J connectivity index is 1.69. The van der Waals surface area contributed by atoms with Crippen LogP contribution in [0.25, 0.3) is 0 Å². The lowest BCUT2D eigenvalue weighted by atomic mass is 9.90. The van der Waals surface area contributed by atoms with Gasteiger partial charge < -0.3 is 10.2 Å². The predicted octanol–water partition coefficient (Wildman–Crippen LogP) is 1.40. The monoisotopic (exact) mass is 251 g/mol. The van der Waals surface area contributed by atoms with Crippen molar-refractivity contribution in [3.63, 3.8) is 0 Å². The number of hydrogen-bond donors (Lipinski definition) is 2. The Morgan fingerprint density at radius 3 is 2.89 bits per heavy atom. The highest BCUT2D eigenvalue weighted by molar-refractivity contribution is 4.83. The zero-order valence-corrected chi connectivity index (χ0v) is 11.5. The number of aromatic nitrogens is 3. The van der Waals surface area contributed by atoms with E-state index >= 15 is 0 Å². The van der Waals surface area contributed by atoms with Gasteiger partial charge in [-0.25, -0.2) is 4.98 Å². The van der Waals surface area contributed by atoms with Crippen LogP contribution in [0.15, 0.2) is 6.33 Å². The molecule has 2 heterocycles. The van der Waals surface area contributed by atoms with E-state index < -0.39 is 0 Å². The number of likely N-dealkylation sites (tertiary alicyclic amines) is 1. The number of nitrogens with zero attached hydrogens (tertiary/aromatic N) is 3. The van der Waals surface area contributed by atoms with Crippen molar-refractivity contribution in [3.05, 3.63) is 12.2 Å². The Kier molecular flexibility index (Phi) is 5.13. The molecule has 1 saturated heterocycles. The maximum absolute atomic E-state index is 4.13. The molecular weight excluding hydrogens is 226 g/mol. The van der Waals surface area contributed by atoms with Crippen molar-refractivity contribution in [3.8, 4) is 0 Å². The number of nitrogens with one attached hydrogen (secondary N) is 2. The average Bonchev–Trinajstić information content (AvgIpc) is 2.90. The van der Waals surface area contributed by atoms with Gasteiger partial charge in [-0.05, 0) is 51.7 Å². The van der Waals surface area contributed by atoms with Crippen LogP contribution in [-0.2, 0) is 6.54 Å². The second kappa shape index (κ2) is 6.85. The zero-order chi connectivity index (χ0) is 12.8. The van der Waals surface area contributed by atoms with Crippen molar-refractivity contribution in [1.82, 2.24) is 25.4 Å². The van der Waals surface area contributed by atoms with Crippen molar-refractivity contribution >= 4 is 0 Å². The van der Waals surface area contributed by atoms with E-state index in [9.17, 15) is 0 Å². The third kappa shape index (κ3) is 3.78. The van der Waals surface area contributed by atoms with Gasteiger partial charge in [0.1, 0.15) is 12.2 Å². The topological polar surface area (TPSA) is 56.8 Å². The molecule has 0 aromatic carbocycles. The van der Waals surface area contributed by atoms with Crippen LogP contribution in [0.5, 0.6) is 0 Å². The molecule has 0 amide bonds. The second-order valence-electron chi connectivity index (χ2n) is 5.28. The van der Waals surface area contributed by atoms with Gasteiger partial charge in [0.05, 0.1) is 6.54 Å². The first-order chi connectivity index (χ1) is 8.79. The van der Waals surface area contributed by atoms with Crippen molar-refractivity contribution in [2.24, 2.45) is 5.92 Å². The number of rotatable bonds is 6. The van der Waals surface area contributed by atoms with Crippen LogP contribution in [-0.4, -0.2) is 45.8 Å². The van der Waals surface area contributed by atoms with E-state index in [1.165, 1.54) is 38.9 Å². The Morgan fingerprint density at radius 1 is 1.50 bits per heavy atom. The van der Waals surface area contributed by atoms with E-state index in [1.807, 2.05) is 0 Å². The third-order valence-electron chi connectivity index (χ3n) is 3.94. The minimum Gasteiger partial charge on any atom is -0.307 e. The maximum atomic E-state index is 4.13. The van der Waals surface area contributed by atoms with Crippen LogP contribution >= 0.6 is 0 Å². The minimum absolute atomic E-state index is 0.555. The van der Waals surface area contributed by atoms with E-state index in [0.717, 1.165) is 18.3 Å². The van der Waals surface area contributed by atoms with Gasteiger partial charge in [-0.1, -0.05) is 6.92 Å². The molecule has 5 heteroatoms. The van der Waals surface area contributed by atoms with Gasteiger partial charge in [-0.2, -0.15) is 5.10 Å². The summed E-state index contributed by atoms with van der Waals surface area (Å²) in [5.41, 5.74) is 0. The fourth-order valence-electron chi connectivity index (χ4n) is 2.73. The van der Waals surface area contributed by atoms with E-state index in [4.69, 9.17) is 0 Å². The average molecular weight is 251 g/mol. The Bertz CT molecular complexity index is 316. The standard InChI is InChI=1S/C13H25N5/c1-3-6-18-7-4-12(5-8-18)11(2)14-9-13-15-10-16-17-13/h10-12,14H,3-9H2,1-2H3,(H,15,16,17). The van der Waals surface area contributed by atoms with Crippen molar-refractivity contribution in [2.75, 3.05) is 19.6 Å². The summed E-state index contributed by atoms with van der Waals surface area (Å²) in [7, 11) is 0. The van der Waals surface area contributed by atoms with Crippen LogP contribution in [0, 0.1) is 5.92 Å². The molecule has 0 aliphatic carbocycles. The molecule has 1 aromatic rings. The summed E-state index contributed by atoms with van der Waals surface area (Å²) in [6, 6.07) is 0.555. The molecular formula is C13H25N5. The SMILES string of the molecule is CCCN1CCC(C(C)NCc2ncn[nH]2)CC1. The molecule has 0 spiro atoms. The highest BCUT2D eigenvalue weighted by atomic mass is 15.2. The van der Waals surface area contributed by atoms with Gasteiger partial charge in [-0.3, -0.25) is 5.10 Å². The number of aromatic amines is 1. The molecule has 2 N–H and O–H groups in total. The smallest absolute Gasteiger partial charge is 0.138 e. The largest absolute Gasteiger partial charge is 0.307 e. The lowest BCUT2D eigenvalue weighted by Crippen LogP contribution is -2.42. The normalized spacial score (nSPS) is 20.1. The molecule has 1 aliphatic heterocycles. The van der Waals surface area contributed by atoms with Gasteiger partial charge in [0, 0.05) is 6.04 Å². The lowest BCUT2D eigenvalue weighted by molar-refractivity contribution is 0.162. The van der Waals surface area contributed by atoms with Crippen molar-refractivity contribution in [2.45, 2.75) is 45.7 Å². The maximum Gasteiger partial charge on any atom is 0.138 e. The molecule has 1 aliphatic rings. The van der Waals surface area contributed by atoms with E-state index in [0.29, 0.717) is 6.04 Å². The summed E-state index contributed by atoms with van der Waals surface area (Å²) >= 11 is 0. The van der Waals surface area contributed by atoms with Crippen LogP contribution in [0.1, 0.15) is 38.9 Å². The molecule has 5 nitrogen and oxygen atoms in total. The Hall–Kier alpha value is -0.940. The van der Waals surface area contributed by atoms with Gasteiger partial charge in [0.15, 0.2) is 0 Å². The van der Waals surface area contributed by atoms with Crippen LogP contribution in [0.3, 0.4) is 0 Å². The second-order valence-corrected chi connectivity index (χ2v) is 5.28. The molecule has 0 saturated carbocycles. The van der Waals surface area contributed by atoms with E-state index in [1.54, 1.807) is 6.33 Å². The Labute approximate surface area is 109 Å². The molecule has 0 radical (unpaired) electrons. The van der Waals surface area contributed by atoms with Gasteiger partial charge in [-0.15, -0.1) is 0 Å². The first-order valence-electron chi connectivity index (χ1n) is 7.09. The lowest BCUT2D eigenvalue weighted by Gasteiger charge is -2.35. The van der Waals surface area contributed by atoms with Crippen LogP contribution in [0.2, 0.25) is 0 Å².